The molecule has 0 spiro atoms. The number of benzene rings is 3. The number of pyridine rings is 1. The van der Waals surface area contributed by atoms with Crippen molar-refractivity contribution in [3.63, 3.8) is 0 Å². The maximum absolute atomic E-state index is 12.5. The number of nitrogens with two attached hydrogens (primary N) is 1. The second-order valence-electron chi connectivity index (χ2n) is 11.8. The van der Waals surface area contributed by atoms with Gasteiger partial charge in [0.25, 0.3) is 5.91 Å². The molecular weight excluding hydrogens is 584 g/mol. The van der Waals surface area contributed by atoms with Gasteiger partial charge in [-0.1, -0.05) is 18.2 Å². The zero-order valence-electron chi connectivity index (χ0n) is 26.0. The van der Waals surface area contributed by atoms with Crippen molar-refractivity contribution in [1.29, 1.82) is 0 Å². The van der Waals surface area contributed by atoms with E-state index in [-0.39, 0.29) is 24.1 Å². The van der Waals surface area contributed by atoms with Gasteiger partial charge in [0, 0.05) is 48.5 Å². The van der Waals surface area contributed by atoms with Crippen molar-refractivity contribution in [3.05, 3.63) is 84.6 Å². The summed E-state index contributed by atoms with van der Waals surface area (Å²) in [6.45, 7) is 2.29. The second-order valence-corrected chi connectivity index (χ2v) is 11.8. The van der Waals surface area contributed by atoms with Crippen molar-refractivity contribution in [1.82, 2.24) is 9.88 Å². The Kier molecular flexibility index (Phi) is 9.95. The van der Waals surface area contributed by atoms with Crippen LogP contribution in [-0.4, -0.2) is 66.8 Å². The fourth-order valence-electron chi connectivity index (χ4n) is 5.97. The maximum Gasteiger partial charge on any atom is 0.323 e. The quantitative estimate of drug-likeness (QED) is 0.184. The summed E-state index contributed by atoms with van der Waals surface area (Å²) in [6, 6.07) is 21.2. The van der Waals surface area contributed by atoms with Crippen molar-refractivity contribution >= 4 is 28.5 Å². The molecule has 1 aromatic heterocycles. The molecule has 1 amide bonds. The summed E-state index contributed by atoms with van der Waals surface area (Å²) >= 11 is 0. The molecule has 2 aliphatic rings. The van der Waals surface area contributed by atoms with Crippen LogP contribution in [0.4, 0.5) is 5.69 Å². The topological polar surface area (TPSA) is 125 Å². The maximum atomic E-state index is 12.5. The third-order valence-electron chi connectivity index (χ3n) is 8.53. The minimum atomic E-state index is -0.609. The van der Waals surface area contributed by atoms with E-state index in [2.05, 4.69) is 15.2 Å². The van der Waals surface area contributed by atoms with E-state index < -0.39 is 6.04 Å². The third kappa shape index (κ3) is 7.75. The van der Waals surface area contributed by atoms with Gasteiger partial charge in [0.15, 0.2) is 11.5 Å². The van der Waals surface area contributed by atoms with E-state index in [1.54, 1.807) is 55.8 Å². The number of hydrogen-bond acceptors (Lipinski definition) is 9. The Morgan fingerprint density at radius 1 is 0.957 bits per heavy atom. The predicted molar refractivity (Wildman–Crippen MR) is 176 cm³/mol. The number of nitrogens with zero attached hydrogens (tertiary/aromatic N) is 2. The van der Waals surface area contributed by atoms with Gasteiger partial charge in [-0.3, -0.25) is 19.5 Å². The van der Waals surface area contributed by atoms with Crippen LogP contribution >= 0.6 is 0 Å². The molecule has 10 nitrogen and oxygen atoms in total. The number of likely N-dealkylation sites (tertiary alicyclic amines) is 1. The Hall–Kier alpha value is -4.67. The molecule has 0 bridgehead atoms. The van der Waals surface area contributed by atoms with Gasteiger partial charge in [-0.25, -0.2) is 0 Å². The molecule has 1 aliphatic carbocycles. The first-order chi connectivity index (χ1) is 22.4. The minimum absolute atomic E-state index is 0.0321. The van der Waals surface area contributed by atoms with Crippen LogP contribution in [0.25, 0.3) is 10.9 Å². The zero-order valence-corrected chi connectivity index (χ0v) is 26.0. The molecule has 46 heavy (non-hydrogen) atoms. The van der Waals surface area contributed by atoms with Gasteiger partial charge in [0.05, 0.1) is 12.6 Å². The molecule has 2 fully saturated rings. The van der Waals surface area contributed by atoms with Gasteiger partial charge in [-0.2, -0.15) is 0 Å². The van der Waals surface area contributed by atoms with Crippen molar-refractivity contribution < 1.29 is 28.5 Å². The van der Waals surface area contributed by atoms with E-state index in [4.69, 9.17) is 24.7 Å². The summed E-state index contributed by atoms with van der Waals surface area (Å²) in [7, 11) is 1.61. The van der Waals surface area contributed by atoms with Gasteiger partial charge in [0.1, 0.15) is 29.7 Å². The van der Waals surface area contributed by atoms with E-state index >= 15 is 0 Å². The molecule has 6 rings (SSSR count). The summed E-state index contributed by atoms with van der Waals surface area (Å²) in [5.74, 6) is 1.96. The average molecular weight is 625 g/mol. The van der Waals surface area contributed by atoms with Crippen molar-refractivity contribution in [3.8, 4) is 23.0 Å². The number of anilines is 1. The van der Waals surface area contributed by atoms with Crippen LogP contribution in [0.2, 0.25) is 0 Å². The lowest BCUT2D eigenvalue weighted by molar-refractivity contribution is -0.150. The summed E-state index contributed by atoms with van der Waals surface area (Å²) in [4.78, 5) is 31.7. The second kappa shape index (κ2) is 14.6. The minimum Gasteiger partial charge on any atom is -0.493 e. The number of aromatic nitrogens is 1. The van der Waals surface area contributed by atoms with Crippen LogP contribution in [0.1, 0.15) is 48.9 Å². The van der Waals surface area contributed by atoms with Crippen LogP contribution < -0.4 is 25.3 Å². The number of amides is 1. The lowest BCUT2D eigenvalue weighted by atomic mass is 10.1. The first-order valence-corrected chi connectivity index (χ1v) is 15.9. The van der Waals surface area contributed by atoms with Gasteiger partial charge < -0.3 is 30.0 Å². The van der Waals surface area contributed by atoms with Crippen LogP contribution in [0.3, 0.4) is 0 Å². The largest absolute Gasteiger partial charge is 0.493 e. The van der Waals surface area contributed by atoms with Crippen LogP contribution in [-0.2, 0) is 9.53 Å². The summed E-state index contributed by atoms with van der Waals surface area (Å²) in [5, 5.41) is 3.68. The molecule has 2 atom stereocenters. The number of nitrogens with one attached hydrogen (secondary N) is 1. The highest BCUT2D eigenvalue weighted by molar-refractivity contribution is 6.04. The Morgan fingerprint density at radius 3 is 2.50 bits per heavy atom. The smallest absolute Gasteiger partial charge is 0.323 e. The first-order valence-electron chi connectivity index (χ1n) is 15.9. The lowest BCUT2D eigenvalue weighted by Gasteiger charge is -2.20. The number of methoxy groups -OCH3 is 1. The number of fused-ring (bicyclic) bond motifs is 1. The highest BCUT2D eigenvalue weighted by Crippen LogP contribution is 2.38. The fourth-order valence-corrected chi connectivity index (χ4v) is 5.97. The Labute approximate surface area is 268 Å². The lowest BCUT2D eigenvalue weighted by Crippen LogP contribution is -2.38. The molecular formula is C36H40N4O6. The molecule has 4 aromatic rings. The molecule has 2 unspecified atom stereocenters. The van der Waals surface area contributed by atoms with Gasteiger partial charge in [-0.15, -0.1) is 0 Å². The number of ether oxygens (including phenoxy) is 4. The Bertz CT molecular complexity index is 1640. The average Bonchev–Trinajstić information content (AvgIpc) is 3.77. The van der Waals surface area contributed by atoms with E-state index in [1.165, 1.54) is 0 Å². The molecule has 3 N–H and O–H groups in total. The first kappa shape index (κ1) is 31.3. The van der Waals surface area contributed by atoms with E-state index in [1.807, 2.05) is 30.3 Å². The molecule has 1 aliphatic heterocycles. The molecule has 10 heteroatoms. The van der Waals surface area contributed by atoms with Crippen molar-refractivity contribution in [2.24, 2.45) is 5.73 Å². The molecule has 0 radical (unpaired) electrons. The van der Waals surface area contributed by atoms with Crippen molar-refractivity contribution in [2.75, 3.05) is 32.1 Å². The Balaban J connectivity index is 1.05. The summed E-state index contributed by atoms with van der Waals surface area (Å²) in [6.07, 6.45) is 7.20. The molecule has 1 saturated carbocycles. The number of hydrogen-bond donors (Lipinski definition) is 2. The number of rotatable bonds is 12. The zero-order chi connectivity index (χ0) is 31.9. The van der Waals surface area contributed by atoms with Gasteiger partial charge in [-0.05, 0) is 87.1 Å². The number of carbonyl (C=O) groups is 2. The molecule has 240 valence electrons. The number of esters is 1. The SMILES string of the molecule is COc1cc2c(Oc3ccc(NC(=O)c4ccccc4)cc3)ccnc2cc1OC1CCN(CCC(N)C(=O)OC2CCCC2)C1. The monoisotopic (exact) mass is 624 g/mol. The number of carbonyl (C=O) groups excluding carboxylic acids is 2. The molecule has 2 heterocycles. The van der Waals surface area contributed by atoms with Crippen LogP contribution in [0.15, 0.2) is 79.0 Å². The van der Waals surface area contributed by atoms with E-state index in [9.17, 15) is 9.59 Å². The van der Waals surface area contributed by atoms with E-state index in [0.29, 0.717) is 52.7 Å². The normalized spacial score (nSPS) is 17.5. The van der Waals surface area contributed by atoms with Gasteiger partial charge >= 0.3 is 5.97 Å². The molecule has 1 saturated heterocycles. The van der Waals surface area contributed by atoms with Crippen LogP contribution in [0, 0.1) is 0 Å². The third-order valence-corrected chi connectivity index (χ3v) is 8.53. The standard InChI is InChI=1S/C36H40N4O6/c1-43-33-21-29-31(22-34(33)45-28-16-19-40(23-28)20-17-30(37)36(42)46-26-9-5-6-10-26)38-18-15-32(29)44-27-13-11-25(12-14-27)39-35(41)24-7-3-2-4-8-24/h2-4,7-8,11-15,18,21-22,26,28,30H,5-6,9-10,16-17,19-20,23,37H2,1H3,(H,39,41). The molecule has 3 aromatic carbocycles. The summed E-state index contributed by atoms with van der Waals surface area (Å²) < 4.78 is 23.9. The predicted octanol–water partition coefficient (Wildman–Crippen LogP) is 5.94. The highest BCUT2D eigenvalue weighted by Gasteiger charge is 2.28. The van der Waals surface area contributed by atoms with Crippen molar-refractivity contribution in [2.45, 2.75) is 56.8 Å². The summed E-state index contributed by atoms with van der Waals surface area (Å²) in [5.41, 5.74) is 8.11. The highest BCUT2D eigenvalue weighted by atomic mass is 16.5. The van der Waals surface area contributed by atoms with E-state index in [0.717, 1.165) is 50.6 Å². The Morgan fingerprint density at radius 2 is 1.74 bits per heavy atom. The van der Waals surface area contributed by atoms with Gasteiger partial charge in [0.2, 0.25) is 0 Å². The van der Waals surface area contributed by atoms with Crippen LogP contribution in [0.5, 0.6) is 23.0 Å². The fraction of sp³-hybridized carbons (Fsp3) is 0.361.